The topological polar surface area (TPSA) is 143 Å². The Morgan fingerprint density at radius 2 is 1.88 bits per heavy atom. The first-order valence-corrected chi connectivity index (χ1v) is 15.5. The van der Waals surface area contributed by atoms with Crippen molar-refractivity contribution < 1.29 is 23.9 Å². The number of hydrogen-bond donors (Lipinski definition) is 4. The molecule has 1 fully saturated rings. The minimum absolute atomic E-state index is 0.0347. The number of fused-ring (bicyclic) bond motifs is 1. The minimum atomic E-state index is -1.18. The Balaban J connectivity index is 1.28. The van der Waals surface area contributed by atoms with Crippen molar-refractivity contribution in [2.24, 2.45) is 13.0 Å². The monoisotopic (exact) mass is 606 g/mol. The molecule has 43 heavy (non-hydrogen) atoms. The molecule has 1 saturated carbocycles. The smallest absolute Gasteiger partial charge is 0.408 e. The predicted octanol–water partition coefficient (Wildman–Crippen LogP) is 3.70. The fourth-order valence-corrected chi connectivity index (χ4v) is 7.26. The standard InChI is InChI=1S/C31H38N6O5S/c1-32-29(40)31(36-30(41)42-19-20-9-5-3-6-10-20)15-13-22-17-25(43-24(22)18-31)34-28(39)26(21-11-7-4-8-12-21)35-27(38)23-14-16-33-37(23)2/h3,5-6,9-10,14,16-17,21,26H,4,7-8,11-13,15,18-19H2,1-2H3,(H,32,40)(H,34,39)(H,35,38)(H,36,41)/t26-,31?/m0/s1. The molecule has 5 rings (SSSR count). The van der Waals surface area contributed by atoms with Gasteiger partial charge in [-0.2, -0.15) is 5.10 Å². The quantitative estimate of drug-likeness (QED) is 0.293. The van der Waals surface area contributed by atoms with Crippen LogP contribution in [0.1, 0.15) is 65.0 Å². The Bertz CT molecular complexity index is 1460. The van der Waals surface area contributed by atoms with Gasteiger partial charge in [-0.3, -0.25) is 19.1 Å². The number of alkyl carbamates (subject to hydrolysis) is 1. The van der Waals surface area contributed by atoms with E-state index in [4.69, 9.17) is 4.74 Å². The van der Waals surface area contributed by atoms with Gasteiger partial charge in [0.25, 0.3) is 5.91 Å². The number of ether oxygens (including phenoxy) is 1. The summed E-state index contributed by atoms with van der Waals surface area (Å²) < 4.78 is 6.91. The van der Waals surface area contributed by atoms with Crippen molar-refractivity contribution in [3.8, 4) is 0 Å². The third kappa shape index (κ3) is 7.07. The molecule has 4 amide bonds. The molecular weight excluding hydrogens is 568 g/mol. The van der Waals surface area contributed by atoms with Crippen LogP contribution < -0.4 is 21.3 Å². The van der Waals surface area contributed by atoms with E-state index in [2.05, 4.69) is 26.4 Å². The molecular formula is C31H38N6O5S. The lowest BCUT2D eigenvalue weighted by Gasteiger charge is -2.35. The number of carbonyl (C=O) groups is 4. The number of amides is 4. The van der Waals surface area contributed by atoms with Crippen molar-refractivity contribution in [2.45, 2.75) is 69.6 Å². The first kappa shape index (κ1) is 30.3. The normalized spacial score (nSPS) is 19.0. The Labute approximate surface area is 254 Å². The highest BCUT2D eigenvalue weighted by molar-refractivity contribution is 7.16. The number of hydrogen-bond acceptors (Lipinski definition) is 7. The average Bonchev–Trinajstić information content (AvgIpc) is 3.64. The van der Waals surface area contributed by atoms with Gasteiger partial charge in [0.05, 0.1) is 5.00 Å². The summed E-state index contributed by atoms with van der Waals surface area (Å²) in [6, 6.07) is 12.2. The molecule has 2 aliphatic rings. The third-order valence-electron chi connectivity index (χ3n) is 8.39. The fourth-order valence-electron chi connectivity index (χ4n) is 6.03. The molecule has 0 saturated heterocycles. The van der Waals surface area contributed by atoms with Crippen LogP contribution in [0.5, 0.6) is 0 Å². The zero-order valence-electron chi connectivity index (χ0n) is 24.5. The molecule has 11 nitrogen and oxygen atoms in total. The molecule has 0 bridgehead atoms. The van der Waals surface area contributed by atoms with E-state index in [0.29, 0.717) is 23.5 Å². The van der Waals surface area contributed by atoms with Gasteiger partial charge in [-0.25, -0.2) is 4.79 Å². The number of benzene rings is 1. The molecule has 1 aromatic carbocycles. The molecule has 0 spiro atoms. The first-order chi connectivity index (χ1) is 20.8. The van der Waals surface area contributed by atoms with Gasteiger partial charge in [0, 0.05) is 31.6 Å². The van der Waals surface area contributed by atoms with Crippen LogP contribution in [0.25, 0.3) is 0 Å². The van der Waals surface area contributed by atoms with Crippen LogP contribution in [0.4, 0.5) is 9.80 Å². The Morgan fingerprint density at radius 1 is 1.12 bits per heavy atom. The van der Waals surface area contributed by atoms with Gasteiger partial charge in [-0.1, -0.05) is 49.6 Å². The van der Waals surface area contributed by atoms with E-state index in [9.17, 15) is 19.2 Å². The molecule has 228 valence electrons. The van der Waals surface area contributed by atoms with Crippen molar-refractivity contribution in [1.82, 2.24) is 25.7 Å². The van der Waals surface area contributed by atoms with E-state index >= 15 is 0 Å². The molecule has 4 N–H and O–H groups in total. The van der Waals surface area contributed by atoms with Crippen LogP contribution in [-0.2, 0) is 40.8 Å². The van der Waals surface area contributed by atoms with Gasteiger partial charge in [0.15, 0.2) is 0 Å². The second-order valence-electron chi connectivity index (χ2n) is 11.3. The third-order valence-corrected chi connectivity index (χ3v) is 9.48. The van der Waals surface area contributed by atoms with Gasteiger partial charge < -0.3 is 26.0 Å². The van der Waals surface area contributed by atoms with Crippen molar-refractivity contribution in [3.05, 3.63) is 70.4 Å². The molecule has 0 radical (unpaired) electrons. The van der Waals surface area contributed by atoms with E-state index in [1.54, 1.807) is 26.4 Å². The van der Waals surface area contributed by atoms with E-state index in [0.717, 1.165) is 48.1 Å². The zero-order chi connectivity index (χ0) is 30.4. The summed E-state index contributed by atoms with van der Waals surface area (Å²) in [7, 11) is 3.24. The number of nitrogens with one attached hydrogen (secondary N) is 4. The first-order valence-electron chi connectivity index (χ1n) is 14.7. The lowest BCUT2D eigenvalue weighted by atomic mass is 9.81. The highest BCUT2D eigenvalue weighted by Gasteiger charge is 2.44. The number of likely N-dealkylation sites (N-methyl/N-ethyl adjacent to an activating group) is 1. The molecule has 12 heteroatoms. The van der Waals surface area contributed by atoms with Crippen LogP contribution in [0.3, 0.4) is 0 Å². The Hall–Kier alpha value is -4.19. The van der Waals surface area contributed by atoms with Gasteiger partial charge in [0.2, 0.25) is 11.8 Å². The number of nitrogens with zero attached hydrogens (tertiary/aromatic N) is 2. The lowest BCUT2D eigenvalue weighted by molar-refractivity contribution is -0.127. The van der Waals surface area contributed by atoms with Crippen molar-refractivity contribution in [2.75, 3.05) is 12.4 Å². The Kier molecular flexibility index (Phi) is 9.44. The van der Waals surface area contributed by atoms with Crippen LogP contribution in [0, 0.1) is 5.92 Å². The summed E-state index contributed by atoms with van der Waals surface area (Å²) in [6.45, 7) is 0.0935. The number of carbonyl (C=O) groups excluding carboxylic acids is 4. The summed E-state index contributed by atoms with van der Waals surface area (Å²) >= 11 is 1.38. The maximum atomic E-state index is 13.7. The number of thiophene rings is 1. The van der Waals surface area contributed by atoms with Crippen LogP contribution in [0.2, 0.25) is 0 Å². The predicted molar refractivity (Wildman–Crippen MR) is 163 cm³/mol. The van der Waals surface area contributed by atoms with Gasteiger partial charge in [-0.15, -0.1) is 11.3 Å². The summed E-state index contributed by atoms with van der Waals surface area (Å²) in [5, 5.41) is 16.3. The molecule has 2 aromatic heterocycles. The van der Waals surface area contributed by atoms with Gasteiger partial charge >= 0.3 is 6.09 Å². The van der Waals surface area contributed by atoms with E-state index < -0.39 is 17.7 Å². The molecule has 2 heterocycles. The SMILES string of the molecule is CNC(=O)C1(NC(=O)OCc2ccccc2)CCc2cc(NC(=O)[C@@H](NC(=O)c3ccnn3C)C3CCCCC3)sc2C1. The fraction of sp³-hybridized carbons (Fsp3) is 0.452. The second kappa shape index (κ2) is 13.4. The van der Waals surface area contributed by atoms with E-state index in [-0.39, 0.29) is 36.7 Å². The summed E-state index contributed by atoms with van der Waals surface area (Å²) in [5.74, 6) is -0.866. The van der Waals surface area contributed by atoms with Gasteiger partial charge in [0.1, 0.15) is 23.9 Å². The van der Waals surface area contributed by atoms with Crippen molar-refractivity contribution in [3.63, 3.8) is 0 Å². The highest BCUT2D eigenvalue weighted by Crippen LogP contribution is 2.38. The molecule has 0 aliphatic heterocycles. The summed E-state index contributed by atoms with van der Waals surface area (Å²) in [4.78, 5) is 53.5. The maximum Gasteiger partial charge on any atom is 0.408 e. The highest BCUT2D eigenvalue weighted by atomic mass is 32.1. The molecule has 3 aromatic rings. The van der Waals surface area contributed by atoms with Crippen LogP contribution >= 0.6 is 11.3 Å². The second-order valence-corrected chi connectivity index (χ2v) is 12.4. The molecule has 2 atom stereocenters. The van der Waals surface area contributed by atoms with Gasteiger partial charge in [-0.05, 0) is 54.9 Å². The maximum absolute atomic E-state index is 13.7. The molecule has 1 unspecified atom stereocenters. The lowest BCUT2D eigenvalue weighted by Crippen LogP contribution is -2.61. The number of anilines is 1. The van der Waals surface area contributed by atoms with Crippen molar-refractivity contribution >= 4 is 40.2 Å². The van der Waals surface area contributed by atoms with E-state index in [1.165, 1.54) is 16.0 Å². The number of rotatable bonds is 9. The average molecular weight is 607 g/mol. The number of aryl methyl sites for hydroxylation is 2. The largest absolute Gasteiger partial charge is 0.445 e. The van der Waals surface area contributed by atoms with Crippen molar-refractivity contribution in [1.29, 1.82) is 0 Å². The van der Waals surface area contributed by atoms with Crippen LogP contribution in [0.15, 0.2) is 48.7 Å². The number of aromatic nitrogens is 2. The van der Waals surface area contributed by atoms with Crippen LogP contribution in [-0.4, -0.2) is 52.2 Å². The van der Waals surface area contributed by atoms with E-state index in [1.807, 2.05) is 36.4 Å². The molecule has 2 aliphatic carbocycles. The summed E-state index contributed by atoms with van der Waals surface area (Å²) in [5.41, 5.74) is 1.08. The summed E-state index contributed by atoms with van der Waals surface area (Å²) in [6.07, 6.45) is 6.98. The minimum Gasteiger partial charge on any atom is -0.445 e. The Morgan fingerprint density at radius 3 is 2.58 bits per heavy atom. The zero-order valence-corrected chi connectivity index (χ0v) is 25.3.